The number of sulfone groups is 1. The molecule has 3 aromatic rings. The zero-order valence-electron chi connectivity index (χ0n) is 17.7. The Balaban J connectivity index is 1.90. The highest BCUT2D eigenvalue weighted by atomic mass is 32.2. The molecule has 1 aromatic carbocycles. The van der Waals surface area contributed by atoms with Gasteiger partial charge in [0.05, 0.1) is 10.9 Å². The van der Waals surface area contributed by atoms with Crippen LogP contribution in [0.2, 0.25) is 0 Å². The Hall–Kier alpha value is -3.36. The number of benzene rings is 1. The van der Waals surface area contributed by atoms with Crippen LogP contribution in [0.3, 0.4) is 0 Å². The minimum absolute atomic E-state index is 0.0350. The van der Waals surface area contributed by atoms with E-state index >= 15 is 0 Å². The molecular formula is C21H20FN5O3S2. The maximum absolute atomic E-state index is 14.3. The third kappa shape index (κ3) is 4.46. The van der Waals surface area contributed by atoms with E-state index in [2.05, 4.69) is 14.7 Å². The molecule has 2 heterocycles. The van der Waals surface area contributed by atoms with E-state index < -0.39 is 26.8 Å². The highest BCUT2D eigenvalue weighted by Gasteiger charge is 2.25. The lowest BCUT2D eigenvalue weighted by Gasteiger charge is -2.10. The molecule has 0 saturated heterocycles. The molecule has 3 rings (SSSR count). The van der Waals surface area contributed by atoms with Crippen molar-refractivity contribution in [2.75, 3.05) is 5.32 Å². The van der Waals surface area contributed by atoms with Gasteiger partial charge >= 0.3 is 0 Å². The van der Waals surface area contributed by atoms with Gasteiger partial charge in [-0.2, -0.15) is 14.6 Å². The largest absolute Gasteiger partial charge is 0.315 e. The second-order valence-electron chi connectivity index (χ2n) is 7.21. The first kappa shape index (κ1) is 23.3. The normalized spacial score (nSPS) is 12.1. The van der Waals surface area contributed by atoms with Crippen LogP contribution in [0.5, 0.6) is 0 Å². The summed E-state index contributed by atoms with van der Waals surface area (Å²) in [6, 6.07) is 9.88. The number of nitrogens with zero attached hydrogens (tertiary/aromatic N) is 4. The predicted molar refractivity (Wildman–Crippen MR) is 120 cm³/mol. The van der Waals surface area contributed by atoms with Crippen molar-refractivity contribution >= 4 is 38.5 Å². The molecule has 1 N–H and O–H groups in total. The SMILES string of the molecule is Cc1cc(C=C(C#N)C(=O)Nc2nc(S(=O)(=O)C(C)C)ns2)c(C)n1-c1ccccc1F. The van der Waals surface area contributed by atoms with Gasteiger partial charge in [-0.15, -0.1) is 0 Å². The van der Waals surface area contributed by atoms with Gasteiger partial charge in [-0.3, -0.25) is 10.1 Å². The van der Waals surface area contributed by atoms with Crippen LogP contribution in [0.15, 0.2) is 41.1 Å². The van der Waals surface area contributed by atoms with E-state index in [1.165, 1.54) is 26.0 Å². The fourth-order valence-electron chi connectivity index (χ4n) is 2.99. The first-order chi connectivity index (χ1) is 15.1. The van der Waals surface area contributed by atoms with Crippen molar-refractivity contribution < 1.29 is 17.6 Å². The van der Waals surface area contributed by atoms with Gasteiger partial charge in [0, 0.05) is 22.9 Å². The van der Waals surface area contributed by atoms with E-state index in [4.69, 9.17) is 0 Å². The molecule has 0 radical (unpaired) electrons. The van der Waals surface area contributed by atoms with Gasteiger partial charge in [-0.25, -0.2) is 12.8 Å². The lowest BCUT2D eigenvalue weighted by Crippen LogP contribution is -2.16. The Morgan fingerprint density at radius 2 is 2.00 bits per heavy atom. The average Bonchev–Trinajstić information content (AvgIpc) is 3.31. The maximum Gasteiger partial charge on any atom is 0.268 e. The average molecular weight is 474 g/mol. The molecule has 0 spiro atoms. The molecule has 0 atom stereocenters. The van der Waals surface area contributed by atoms with Crippen LogP contribution in [0.1, 0.15) is 30.8 Å². The van der Waals surface area contributed by atoms with Gasteiger partial charge in [-0.1, -0.05) is 12.1 Å². The van der Waals surface area contributed by atoms with Crippen LogP contribution >= 0.6 is 11.5 Å². The number of carbonyl (C=O) groups excluding carboxylic acids is 1. The summed E-state index contributed by atoms with van der Waals surface area (Å²) in [4.78, 5) is 16.4. The lowest BCUT2D eigenvalue weighted by molar-refractivity contribution is -0.112. The minimum atomic E-state index is -3.68. The molecular weight excluding hydrogens is 453 g/mol. The summed E-state index contributed by atoms with van der Waals surface area (Å²) in [6.07, 6.45) is 1.39. The van der Waals surface area contributed by atoms with Crippen molar-refractivity contribution in [1.82, 2.24) is 13.9 Å². The first-order valence-corrected chi connectivity index (χ1v) is 11.8. The fraction of sp³-hybridized carbons (Fsp3) is 0.238. The van der Waals surface area contributed by atoms with Crippen LogP contribution in [0, 0.1) is 31.0 Å². The minimum Gasteiger partial charge on any atom is -0.315 e. The van der Waals surface area contributed by atoms with E-state index in [1.54, 1.807) is 42.7 Å². The maximum atomic E-state index is 14.3. The number of para-hydroxylation sites is 1. The molecule has 8 nitrogen and oxygen atoms in total. The van der Waals surface area contributed by atoms with Crippen LogP contribution in [0.25, 0.3) is 11.8 Å². The molecule has 11 heteroatoms. The van der Waals surface area contributed by atoms with Crippen molar-refractivity contribution in [3.8, 4) is 11.8 Å². The number of nitriles is 1. The fourth-order valence-corrected chi connectivity index (χ4v) is 4.69. The summed E-state index contributed by atoms with van der Waals surface area (Å²) in [5.41, 5.74) is 2.08. The van der Waals surface area contributed by atoms with Crippen molar-refractivity contribution in [3.63, 3.8) is 0 Å². The number of halogens is 1. The van der Waals surface area contributed by atoms with E-state index in [0.29, 0.717) is 28.5 Å². The molecule has 0 bridgehead atoms. The van der Waals surface area contributed by atoms with Gasteiger partial charge in [0.25, 0.3) is 11.1 Å². The number of nitrogens with one attached hydrogen (secondary N) is 1. The smallest absolute Gasteiger partial charge is 0.268 e. The van der Waals surface area contributed by atoms with Crippen LogP contribution in [-0.4, -0.2) is 33.5 Å². The highest BCUT2D eigenvalue weighted by Crippen LogP contribution is 2.25. The second kappa shape index (κ2) is 9.02. The summed E-state index contributed by atoms with van der Waals surface area (Å²) in [5, 5.41) is 10.8. The van der Waals surface area contributed by atoms with Crippen molar-refractivity contribution in [2.24, 2.45) is 0 Å². The van der Waals surface area contributed by atoms with Crippen LogP contribution in [0.4, 0.5) is 9.52 Å². The van der Waals surface area contributed by atoms with Gasteiger partial charge in [0.15, 0.2) is 0 Å². The van der Waals surface area contributed by atoms with Crippen LogP contribution in [-0.2, 0) is 14.6 Å². The third-order valence-electron chi connectivity index (χ3n) is 4.73. The van der Waals surface area contributed by atoms with Crippen molar-refractivity contribution in [3.05, 3.63) is 58.7 Å². The molecule has 166 valence electrons. The number of aromatic nitrogens is 3. The van der Waals surface area contributed by atoms with Gasteiger partial charge in [0.2, 0.25) is 15.0 Å². The molecule has 0 aliphatic rings. The molecule has 0 fully saturated rings. The first-order valence-electron chi connectivity index (χ1n) is 9.50. The van der Waals surface area contributed by atoms with Gasteiger partial charge in [0.1, 0.15) is 17.5 Å². The summed E-state index contributed by atoms with van der Waals surface area (Å²) in [5.74, 6) is -1.15. The zero-order valence-corrected chi connectivity index (χ0v) is 19.4. The van der Waals surface area contributed by atoms with Crippen LogP contribution < -0.4 is 5.32 Å². The topological polar surface area (TPSA) is 118 Å². The Kier molecular flexibility index (Phi) is 6.57. The molecule has 0 unspecified atom stereocenters. The number of anilines is 1. The number of aryl methyl sites for hydroxylation is 1. The number of carbonyl (C=O) groups is 1. The Morgan fingerprint density at radius 1 is 1.31 bits per heavy atom. The molecule has 32 heavy (non-hydrogen) atoms. The number of hydrogen-bond acceptors (Lipinski definition) is 7. The molecule has 1 amide bonds. The van der Waals surface area contributed by atoms with Crippen molar-refractivity contribution in [1.29, 1.82) is 5.26 Å². The van der Waals surface area contributed by atoms with E-state index in [-0.39, 0.29) is 15.9 Å². The monoisotopic (exact) mass is 473 g/mol. The number of rotatable bonds is 6. The summed E-state index contributed by atoms with van der Waals surface area (Å²) >= 11 is 0.710. The highest BCUT2D eigenvalue weighted by molar-refractivity contribution is 7.91. The summed E-state index contributed by atoms with van der Waals surface area (Å²) in [6.45, 7) is 6.55. The van der Waals surface area contributed by atoms with Crippen molar-refractivity contribution in [2.45, 2.75) is 38.1 Å². The predicted octanol–water partition coefficient (Wildman–Crippen LogP) is 3.81. The quantitative estimate of drug-likeness (QED) is 0.430. The summed E-state index contributed by atoms with van der Waals surface area (Å²) < 4.78 is 44.1. The Bertz CT molecular complexity index is 1360. The lowest BCUT2D eigenvalue weighted by atomic mass is 10.1. The molecule has 2 aromatic heterocycles. The number of amides is 1. The molecule has 0 saturated carbocycles. The van der Waals surface area contributed by atoms with E-state index in [0.717, 1.165) is 5.69 Å². The number of hydrogen-bond donors (Lipinski definition) is 1. The second-order valence-corrected chi connectivity index (χ2v) is 10.4. The summed E-state index contributed by atoms with van der Waals surface area (Å²) in [7, 11) is -3.68. The van der Waals surface area contributed by atoms with E-state index in [1.807, 2.05) is 6.07 Å². The Labute approximate surface area is 189 Å². The Morgan fingerprint density at radius 3 is 2.62 bits per heavy atom. The van der Waals surface area contributed by atoms with Gasteiger partial charge < -0.3 is 4.57 Å². The van der Waals surface area contributed by atoms with Gasteiger partial charge in [-0.05, 0) is 57.5 Å². The molecule has 0 aliphatic heterocycles. The third-order valence-corrected chi connectivity index (χ3v) is 7.41. The zero-order chi connectivity index (χ0) is 23.6. The standard InChI is InChI=1S/C21H20FN5O3S2/c1-12(2)32(29,30)21-25-20(31-26-21)24-19(28)16(11-23)10-15-9-13(3)27(14(15)4)18-8-6-5-7-17(18)22/h5-10,12H,1-4H3,(H,24,25,26,28). The molecule has 0 aliphatic carbocycles. The van der Waals surface area contributed by atoms with E-state index in [9.17, 15) is 22.9 Å².